The van der Waals surface area contributed by atoms with Gasteiger partial charge in [0.15, 0.2) is 0 Å². The minimum Gasteiger partial charge on any atom is -0.444 e. The van der Waals surface area contributed by atoms with Crippen LogP contribution in [0.3, 0.4) is 0 Å². The van der Waals surface area contributed by atoms with Gasteiger partial charge in [0.25, 0.3) is 0 Å². The zero-order valence-electron chi connectivity index (χ0n) is 11.4. The molecule has 1 unspecified atom stereocenters. The van der Waals surface area contributed by atoms with E-state index in [1.54, 1.807) is 0 Å². The van der Waals surface area contributed by atoms with E-state index in [2.05, 4.69) is 10.6 Å². The lowest BCUT2D eigenvalue weighted by Gasteiger charge is -2.19. The molecular weight excluding hydrogens is 220 g/mol. The highest BCUT2D eigenvalue weighted by Crippen LogP contribution is 2.05. The molecule has 1 amide bonds. The summed E-state index contributed by atoms with van der Waals surface area (Å²) < 4.78 is 5.08. The Morgan fingerprint density at radius 3 is 2.47 bits per heavy atom. The minimum absolute atomic E-state index is 0.235. The van der Waals surface area contributed by atoms with Gasteiger partial charge in [0.2, 0.25) is 0 Å². The van der Waals surface area contributed by atoms with Crippen LogP contribution in [0.15, 0.2) is 0 Å². The van der Waals surface area contributed by atoms with Crippen LogP contribution in [0.4, 0.5) is 4.79 Å². The highest BCUT2D eigenvalue weighted by molar-refractivity contribution is 5.67. The zero-order valence-corrected chi connectivity index (χ0v) is 11.4. The van der Waals surface area contributed by atoms with Crippen molar-refractivity contribution in [3.05, 3.63) is 0 Å². The van der Waals surface area contributed by atoms with Crippen molar-refractivity contribution in [2.24, 2.45) is 0 Å². The van der Waals surface area contributed by atoms with Crippen LogP contribution in [-0.2, 0) is 4.74 Å². The van der Waals surface area contributed by atoms with Gasteiger partial charge in [0.05, 0.1) is 6.10 Å². The molecule has 0 fully saturated rings. The van der Waals surface area contributed by atoms with Crippen molar-refractivity contribution in [2.75, 3.05) is 19.6 Å². The van der Waals surface area contributed by atoms with Crippen molar-refractivity contribution < 1.29 is 14.6 Å². The third kappa shape index (κ3) is 11.5. The van der Waals surface area contributed by atoms with Crippen LogP contribution in [0.25, 0.3) is 0 Å². The van der Waals surface area contributed by atoms with Gasteiger partial charge >= 0.3 is 6.09 Å². The summed E-state index contributed by atoms with van der Waals surface area (Å²) in [5.41, 5.74) is -0.456. The first-order valence-electron chi connectivity index (χ1n) is 6.20. The van der Waals surface area contributed by atoms with Crippen molar-refractivity contribution in [3.8, 4) is 0 Å². The number of nitrogens with one attached hydrogen (secondary N) is 2. The molecule has 0 aliphatic carbocycles. The number of alkyl carbamates (subject to hydrolysis) is 1. The van der Waals surface area contributed by atoms with Gasteiger partial charge in [-0.1, -0.05) is 6.92 Å². The Hall–Kier alpha value is -0.810. The summed E-state index contributed by atoms with van der Waals surface area (Å²) in [5.74, 6) is 0. The molecule has 0 rings (SSSR count). The quantitative estimate of drug-likeness (QED) is 0.591. The fourth-order valence-electron chi connectivity index (χ4n) is 1.16. The van der Waals surface area contributed by atoms with E-state index in [9.17, 15) is 9.90 Å². The van der Waals surface area contributed by atoms with Crippen molar-refractivity contribution in [2.45, 2.75) is 52.2 Å². The van der Waals surface area contributed by atoms with E-state index in [1.165, 1.54) is 0 Å². The first-order valence-corrected chi connectivity index (χ1v) is 6.20. The Morgan fingerprint density at radius 1 is 1.29 bits per heavy atom. The maximum absolute atomic E-state index is 11.2. The van der Waals surface area contributed by atoms with E-state index in [-0.39, 0.29) is 6.10 Å². The standard InChI is InChI=1S/C12H26N2O3/c1-5-10(15)6-7-13-8-9-14-11(16)17-12(2,3)4/h10,13,15H,5-9H2,1-4H3,(H,14,16). The lowest BCUT2D eigenvalue weighted by atomic mass is 10.2. The molecule has 3 N–H and O–H groups in total. The minimum atomic E-state index is -0.456. The Bertz CT molecular complexity index is 214. The molecular formula is C12H26N2O3. The third-order valence-electron chi connectivity index (χ3n) is 2.10. The molecule has 17 heavy (non-hydrogen) atoms. The maximum Gasteiger partial charge on any atom is 0.407 e. The van der Waals surface area contributed by atoms with E-state index in [0.29, 0.717) is 13.1 Å². The van der Waals surface area contributed by atoms with Crippen LogP contribution in [0, 0.1) is 0 Å². The molecule has 0 saturated carbocycles. The average molecular weight is 246 g/mol. The average Bonchev–Trinajstić information content (AvgIpc) is 2.20. The van der Waals surface area contributed by atoms with Gasteiger partial charge in [-0.3, -0.25) is 0 Å². The van der Waals surface area contributed by atoms with Gasteiger partial charge in [0, 0.05) is 13.1 Å². The van der Waals surface area contributed by atoms with Crippen LogP contribution in [0.1, 0.15) is 40.5 Å². The van der Waals surface area contributed by atoms with Crippen molar-refractivity contribution in [3.63, 3.8) is 0 Å². The summed E-state index contributed by atoms with van der Waals surface area (Å²) in [7, 11) is 0. The Morgan fingerprint density at radius 2 is 1.94 bits per heavy atom. The molecule has 0 saturated heterocycles. The molecule has 0 radical (unpaired) electrons. The molecule has 1 atom stereocenters. The number of rotatable bonds is 7. The van der Waals surface area contributed by atoms with Crippen LogP contribution in [0.2, 0.25) is 0 Å². The second kappa shape index (κ2) is 8.31. The number of ether oxygens (including phenoxy) is 1. The number of amides is 1. The molecule has 5 heteroatoms. The van der Waals surface area contributed by atoms with Gasteiger partial charge < -0.3 is 20.5 Å². The lowest BCUT2D eigenvalue weighted by Crippen LogP contribution is -2.36. The summed E-state index contributed by atoms with van der Waals surface area (Å²) in [6.45, 7) is 9.40. The third-order valence-corrected chi connectivity index (χ3v) is 2.10. The molecule has 0 aliphatic rings. The summed E-state index contributed by atoms with van der Waals surface area (Å²) in [6.07, 6.45) is 0.884. The maximum atomic E-state index is 11.2. The molecule has 0 aromatic heterocycles. The predicted molar refractivity (Wildman–Crippen MR) is 68.0 cm³/mol. The molecule has 0 spiro atoms. The normalized spacial score (nSPS) is 13.2. The molecule has 0 aromatic carbocycles. The van der Waals surface area contributed by atoms with Crippen LogP contribution in [-0.4, -0.2) is 42.5 Å². The number of aliphatic hydroxyl groups is 1. The lowest BCUT2D eigenvalue weighted by molar-refractivity contribution is 0.0528. The fraction of sp³-hybridized carbons (Fsp3) is 0.917. The monoisotopic (exact) mass is 246 g/mol. The van der Waals surface area contributed by atoms with E-state index in [1.807, 2.05) is 27.7 Å². The summed E-state index contributed by atoms with van der Waals surface area (Å²) in [5, 5.41) is 15.1. The number of aliphatic hydroxyl groups excluding tert-OH is 1. The Labute approximate surface area is 104 Å². The van der Waals surface area contributed by atoms with E-state index >= 15 is 0 Å². The highest BCUT2D eigenvalue weighted by Gasteiger charge is 2.15. The van der Waals surface area contributed by atoms with Gasteiger partial charge in [-0.05, 0) is 40.2 Å². The zero-order chi connectivity index (χ0) is 13.3. The van der Waals surface area contributed by atoms with E-state index in [4.69, 9.17) is 4.74 Å². The van der Waals surface area contributed by atoms with Crippen molar-refractivity contribution >= 4 is 6.09 Å². The van der Waals surface area contributed by atoms with Gasteiger partial charge in [-0.25, -0.2) is 4.79 Å². The van der Waals surface area contributed by atoms with Gasteiger partial charge in [-0.15, -0.1) is 0 Å². The van der Waals surface area contributed by atoms with E-state index in [0.717, 1.165) is 19.4 Å². The van der Waals surface area contributed by atoms with Crippen LogP contribution in [0.5, 0.6) is 0 Å². The molecule has 102 valence electrons. The molecule has 0 heterocycles. The molecule has 5 nitrogen and oxygen atoms in total. The molecule has 0 aromatic rings. The fourth-order valence-corrected chi connectivity index (χ4v) is 1.16. The topological polar surface area (TPSA) is 70.6 Å². The number of hydrogen-bond acceptors (Lipinski definition) is 4. The van der Waals surface area contributed by atoms with Gasteiger partial charge in [0.1, 0.15) is 5.60 Å². The molecule has 0 bridgehead atoms. The van der Waals surface area contributed by atoms with E-state index < -0.39 is 11.7 Å². The number of carbonyl (C=O) groups excluding carboxylic acids is 1. The molecule has 0 aliphatic heterocycles. The summed E-state index contributed by atoms with van der Waals surface area (Å²) in [6, 6.07) is 0. The highest BCUT2D eigenvalue weighted by atomic mass is 16.6. The van der Waals surface area contributed by atoms with Crippen LogP contribution >= 0.6 is 0 Å². The first kappa shape index (κ1) is 16.2. The number of hydrogen-bond donors (Lipinski definition) is 3. The Balaban J connectivity index is 3.37. The van der Waals surface area contributed by atoms with Crippen molar-refractivity contribution in [1.82, 2.24) is 10.6 Å². The largest absolute Gasteiger partial charge is 0.444 e. The number of carbonyl (C=O) groups is 1. The second-order valence-electron chi connectivity index (χ2n) is 5.03. The SMILES string of the molecule is CCC(O)CCNCCNC(=O)OC(C)(C)C. The van der Waals surface area contributed by atoms with Crippen LogP contribution < -0.4 is 10.6 Å². The predicted octanol–water partition coefficient (Wildman–Crippen LogP) is 1.26. The van der Waals surface area contributed by atoms with Gasteiger partial charge in [-0.2, -0.15) is 0 Å². The summed E-state index contributed by atoms with van der Waals surface area (Å²) >= 11 is 0. The van der Waals surface area contributed by atoms with Crippen molar-refractivity contribution in [1.29, 1.82) is 0 Å². The smallest absolute Gasteiger partial charge is 0.407 e. The first-order chi connectivity index (χ1) is 7.85. The second-order valence-corrected chi connectivity index (χ2v) is 5.03. The summed E-state index contributed by atoms with van der Waals surface area (Å²) in [4.78, 5) is 11.2. The Kier molecular flexibility index (Phi) is 7.91.